The molecule has 2 aliphatic rings. The molecule has 2 amide bonds. The average Bonchev–Trinajstić information content (AvgIpc) is 2.74. The second-order valence-electron chi connectivity index (χ2n) is 6.09. The molecule has 1 N–H and O–H groups in total. The molecule has 1 unspecified atom stereocenters. The summed E-state index contributed by atoms with van der Waals surface area (Å²) in [6, 6.07) is 9.86. The maximum atomic E-state index is 12.6. The third-order valence-electron chi connectivity index (χ3n) is 4.86. The molecular weight excluding hydrogens is 298 g/mol. The van der Waals surface area contributed by atoms with Crippen LogP contribution in [0.5, 0.6) is 0 Å². The number of hydrogen-bond acceptors (Lipinski definition) is 3. The van der Waals surface area contributed by atoms with Gasteiger partial charge in [-0.05, 0) is 12.0 Å². The second kappa shape index (κ2) is 5.93. The fourth-order valence-corrected chi connectivity index (χ4v) is 3.66. The molecule has 22 heavy (non-hydrogen) atoms. The molecule has 0 radical (unpaired) electrons. The van der Waals surface area contributed by atoms with Gasteiger partial charge >= 0.3 is 0 Å². The van der Waals surface area contributed by atoms with E-state index in [-0.39, 0.29) is 22.9 Å². The van der Waals surface area contributed by atoms with E-state index in [0.29, 0.717) is 19.5 Å². The first-order valence-electron chi connectivity index (χ1n) is 7.59. The molecule has 3 rings (SSSR count). The van der Waals surface area contributed by atoms with Gasteiger partial charge in [0, 0.05) is 33.0 Å². The number of carbonyl (C=O) groups is 2. The summed E-state index contributed by atoms with van der Waals surface area (Å²) in [4.78, 5) is 27.5. The maximum absolute atomic E-state index is 12.6. The van der Waals surface area contributed by atoms with Gasteiger partial charge in [-0.1, -0.05) is 43.0 Å². The van der Waals surface area contributed by atoms with Crippen LogP contribution in [0.1, 0.15) is 18.4 Å². The third-order valence-corrected chi connectivity index (χ3v) is 5.14. The molecule has 2 saturated heterocycles. The lowest BCUT2D eigenvalue weighted by Crippen LogP contribution is -2.58. The average molecular weight is 319 g/mol. The van der Waals surface area contributed by atoms with Crippen LogP contribution in [0.15, 0.2) is 30.3 Å². The lowest BCUT2D eigenvalue weighted by Gasteiger charge is -2.42. The predicted octanol–water partition coefficient (Wildman–Crippen LogP) is 1.50. The Morgan fingerprint density at radius 2 is 1.95 bits per heavy atom. The molecule has 1 atom stereocenters. The fourth-order valence-electron chi connectivity index (χ4n) is 3.46. The number of nitrogens with zero attached hydrogens (tertiary/aromatic N) is 2. The number of piperidine rings is 1. The van der Waals surface area contributed by atoms with Gasteiger partial charge in [-0.25, -0.2) is 0 Å². The van der Waals surface area contributed by atoms with E-state index in [4.69, 9.17) is 0 Å². The van der Waals surface area contributed by atoms with E-state index in [1.165, 1.54) is 0 Å². The van der Waals surface area contributed by atoms with Crippen LogP contribution in [-0.2, 0) is 11.2 Å². The Kier molecular flexibility index (Phi) is 4.14. The van der Waals surface area contributed by atoms with Crippen LogP contribution in [0.2, 0.25) is 0 Å². The topological polar surface area (TPSA) is 52.7 Å². The van der Waals surface area contributed by atoms with Crippen molar-refractivity contribution in [2.24, 2.45) is 0 Å². The van der Waals surface area contributed by atoms with E-state index in [1.54, 1.807) is 4.90 Å². The standard InChI is InChI=1S/C16H21N3O2S/c1-18-14(20)13(11-12-5-3-2-4-6-12)17-16(18)7-9-19(10-8-16)15(21)22/h2-6,13,17H,7-11H2,1H3,(H,21,22). The molecule has 1 aromatic carbocycles. The fraction of sp³-hybridized carbons (Fsp3) is 0.500. The van der Waals surface area contributed by atoms with E-state index < -0.39 is 0 Å². The van der Waals surface area contributed by atoms with Crippen molar-refractivity contribution in [3.63, 3.8) is 0 Å². The van der Waals surface area contributed by atoms with Gasteiger partial charge in [0.2, 0.25) is 5.91 Å². The highest BCUT2D eigenvalue weighted by molar-refractivity contribution is 7.96. The zero-order chi connectivity index (χ0) is 15.7. The number of hydrogen-bond donors (Lipinski definition) is 2. The second-order valence-corrected chi connectivity index (χ2v) is 6.47. The number of benzene rings is 1. The van der Waals surface area contributed by atoms with Crippen molar-refractivity contribution in [1.82, 2.24) is 15.1 Å². The Bertz CT molecular complexity index is 570. The number of rotatable bonds is 2. The van der Waals surface area contributed by atoms with Gasteiger partial charge in [0.25, 0.3) is 5.24 Å². The van der Waals surface area contributed by atoms with Gasteiger partial charge in [-0.3, -0.25) is 14.9 Å². The summed E-state index contributed by atoms with van der Waals surface area (Å²) in [6.45, 7) is 1.26. The molecule has 0 aromatic heterocycles. The summed E-state index contributed by atoms with van der Waals surface area (Å²) in [6.07, 6.45) is 2.18. The lowest BCUT2D eigenvalue weighted by molar-refractivity contribution is -0.131. The van der Waals surface area contributed by atoms with Crippen molar-refractivity contribution in [3.8, 4) is 0 Å². The molecule has 0 bridgehead atoms. The summed E-state index contributed by atoms with van der Waals surface area (Å²) in [5, 5.41) is 3.34. The Morgan fingerprint density at radius 3 is 2.55 bits per heavy atom. The van der Waals surface area contributed by atoms with E-state index in [9.17, 15) is 9.59 Å². The van der Waals surface area contributed by atoms with Crippen molar-refractivity contribution < 1.29 is 9.59 Å². The summed E-state index contributed by atoms with van der Waals surface area (Å²) in [7, 11) is 1.86. The number of likely N-dealkylation sites (N-methyl/N-ethyl adjacent to an activating group) is 1. The molecule has 1 aromatic rings. The van der Waals surface area contributed by atoms with E-state index in [1.807, 2.05) is 42.3 Å². The number of carbonyl (C=O) groups excluding carboxylic acids is 2. The Balaban J connectivity index is 1.71. The molecule has 118 valence electrons. The molecule has 1 spiro atoms. The van der Waals surface area contributed by atoms with Gasteiger partial charge in [0.05, 0.1) is 11.7 Å². The number of nitrogens with one attached hydrogen (secondary N) is 1. The molecule has 6 heteroatoms. The van der Waals surface area contributed by atoms with Crippen LogP contribution in [0, 0.1) is 0 Å². The highest BCUT2D eigenvalue weighted by atomic mass is 32.1. The van der Waals surface area contributed by atoms with Gasteiger partial charge in [0.1, 0.15) is 0 Å². The van der Waals surface area contributed by atoms with Crippen molar-refractivity contribution in [3.05, 3.63) is 35.9 Å². The molecule has 2 fully saturated rings. The minimum absolute atomic E-state index is 0.134. The largest absolute Gasteiger partial charge is 0.334 e. The third kappa shape index (κ3) is 2.73. The zero-order valence-corrected chi connectivity index (χ0v) is 13.6. The molecular formula is C16H21N3O2S. The quantitative estimate of drug-likeness (QED) is 0.812. The van der Waals surface area contributed by atoms with Crippen LogP contribution >= 0.6 is 12.6 Å². The number of amides is 2. The van der Waals surface area contributed by atoms with Gasteiger partial charge in [-0.2, -0.15) is 0 Å². The van der Waals surface area contributed by atoms with Gasteiger partial charge < -0.3 is 9.80 Å². The van der Waals surface area contributed by atoms with E-state index in [2.05, 4.69) is 17.9 Å². The minimum Gasteiger partial charge on any atom is -0.334 e. The van der Waals surface area contributed by atoms with Crippen molar-refractivity contribution in [2.45, 2.75) is 31.0 Å². The smallest absolute Gasteiger partial charge is 0.278 e. The van der Waals surface area contributed by atoms with Crippen LogP contribution in [0.25, 0.3) is 0 Å². The highest BCUT2D eigenvalue weighted by Gasteiger charge is 2.49. The first kappa shape index (κ1) is 15.4. The molecule has 2 aliphatic heterocycles. The monoisotopic (exact) mass is 319 g/mol. The molecule has 2 heterocycles. The first-order valence-corrected chi connectivity index (χ1v) is 8.04. The van der Waals surface area contributed by atoms with Gasteiger partial charge in [0.15, 0.2) is 0 Å². The maximum Gasteiger partial charge on any atom is 0.278 e. The van der Waals surface area contributed by atoms with E-state index >= 15 is 0 Å². The molecule has 5 nitrogen and oxygen atoms in total. The Hall–Kier alpha value is -1.53. The predicted molar refractivity (Wildman–Crippen MR) is 87.8 cm³/mol. The molecule has 0 saturated carbocycles. The minimum atomic E-state index is -0.323. The Labute approximate surface area is 136 Å². The normalized spacial score (nSPS) is 24.1. The number of likely N-dealkylation sites (tertiary alicyclic amines) is 1. The van der Waals surface area contributed by atoms with Crippen molar-refractivity contribution in [1.29, 1.82) is 0 Å². The van der Waals surface area contributed by atoms with E-state index in [0.717, 1.165) is 18.4 Å². The van der Waals surface area contributed by atoms with Crippen LogP contribution in [-0.4, -0.2) is 52.8 Å². The summed E-state index contributed by atoms with van der Waals surface area (Å²) in [5.74, 6) is 0.134. The lowest BCUT2D eigenvalue weighted by atomic mass is 9.96. The summed E-state index contributed by atoms with van der Waals surface area (Å²) >= 11 is 3.88. The SMILES string of the molecule is CN1C(=O)C(Cc2ccccc2)NC12CCN(C(=O)S)CC2. The van der Waals surface area contributed by atoms with Crippen molar-refractivity contribution in [2.75, 3.05) is 20.1 Å². The zero-order valence-electron chi connectivity index (χ0n) is 12.7. The van der Waals surface area contributed by atoms with Crippen LogP contribution < -0.4 is 5.32 Å². The van der Waals surface area contributed by atoms with Crippen LogP contribution in [0.3, 0.4) is 0 Å². The summed E-state index contributed by atoms with van der Waals surface area (Å²) in [5.41, 5.74) is 0.831. The van der Waals surface area contributed by atoms with Gasteiger partial charge in [-0.15, -0.1) is 0 Å². The summed E-state index contributed by atoms with van der Waals surface area (Å²) < 4.78 is 0. The number of thiol groups is 1. The molecule has 0 aliphatic carbocycles. The highest BCUT2D eigenvalue weighted by Crippen LogP contribution is 2.32. The Morgan fingerprint density at radius 1 is 1.32 bits per heavy atom. The van der Waals surface area contributed by atoms with Crippen LogP contribution in [0.4, 0.5) is 4.79 Å². The first-order chi connectivity index (χ1) is 10.5. The van der Waals surface area contributed by atoms with Crippen molar-refractivity contribution >= 4 is 23.8 Å².